The first-order valence-electron chi connectivity index (χ1n) is 32.4. The Morgan fingerprint density at radius 3 is 1.42 bits per heavy atom. The maximum absolute atomic E-state index is 5.99. The fourth-order valence-electron chi connectivity index (χ4n) is 9.54. The number of ether oxygens (including phenoxy) is 5. The van der Waals surface area contributed by atoms with E-state index in [0.717, 1.165) is 98.0 Å². The smallest absolute Gasteiger partial charge is 0.399 e. The van der Waals surface area contributed by atoms with Crippen LogP contribution in [0.5, 0.6) is 0 Å². The number of rotatable bonds is 24. The molecule has 532 valence electrons. The Hall–Kier alpha value is -6.87. The van der Waals surface area contributed by atoms with Crippen LogP contribution in [0.25, 0.3) is 66.6 Å². The lowest BCUT2D eigenvalue weighted by Crippen LogP contribution is -2.41. The van der Waals surface area contributed by atoms with Crippen molar-refractivity contribution in [2.24, 2.45) is 0 Å². The van der Waals surface area contributed by atoms with Gasteiger partial charge < -0.3 is 51.7 Å². The number of hydrogen-bond acceptors (Lipinski definition) is 18. The number of H-pyrrole nitrogens is 2. The highest BCUT2D eigenvalue weighted by molar-refractivity contribution is 6.76. The summed E-state index contributed by atoms with van der Waals surface area (Å²) in [4.78, 5) is 36.6. The Labute approximate surface area is 590 Å². The van der Waals surface area contributed by atoms with Gasteiger partial charge in [0, 0.05) is 134 Å². The van der Waals surface area contributed by atoms with Crippen LogP contribution in [0, 0.1) is 0 Å². The van der Waals surface area contributed by atoms with Crippen molar-refractivity contribution in [3.63, 3.8) is 0 Å². The number of hydrogen-bond donors (Lipinski definition) is 2. The van der Waals surface area contributed by atoms with Crippen LogP contribution < -0.4 is 5.46 Å². The molecule has 1 aliphatic heterocycles. The number of fused-ring (bicyclic) bond motifs is 4. The van der Waals surface area contributed by atoms with Gasteiger partial charge in [0.25, 0.3) is 0 Å². The molecule has 0 spiro atoms. The lowest BCUT2D eigenvalue weighted by molar-refractivity contribution is 0.00578. The van der Waals surface area contributed by atoms with Crippen molar-refractivity contribution >= 4 is 104 Å². The van der Waals surface area contributed by atoms with Gasteiger partial charge in [0.15, 0.2) is 0 Å². The second kappa shape index (κ2) is 35.9. The van der Waals surface area contributed by atoms with Gasteiger partial charge in [-0.15, -0.1) is 0 Å². The highest BCUT2D eigenvalue weighted by Crippen LogP contribution is 2.37. The molecule has 11 aromatic heterocycles. The molecule has 0 radical (unpaired) electrons. The van der Waals surface area contributed by atoms with E-state index in [-0.39, 0.29) is 45.6 Å². The summed E-state index contributed by atoms with van der Waals surface area (Å²) in [6.07, 6.45) is 24.7. The summed E-state index contributed by atoms with van der Waals surface area (Å²) in [7, 11) is -3.52. The van der Waals surface area contributed by atoms with Gasteiger partial charge in [0.2, 0.25) is 0 Å². The number of halogens is 2. The molecule has 25 nitrogen and oxygen atoms in total. The van der Waals surface area contributed by atoms with Crippen molar-refractivity contribution in [3.8, 4) is 22.5 Å². The second-order valence-corrected chi connectivity index (χ2v) is 45.4. The normalized spacial score (nSPS) is 14.1. The van der Waals surface area contributed by atoms with Crippen LogP contribution in [0.15, 0.2) is 112 Å². The van der Waals surface area contributed by atoms with Crippen molar-refractivity contribution in [2.45, 2.75) is 191 Å². The molecule has 12 heterocycles. The molecule has 2 atom stereocenters. The van der Waals surface area contributed by atoms with E-state index in [9.17, 15) is 0 Å². The first-order valence-corrected chi connectivity index (χ1v) is 44.3. The highest BCUT2D eigenvalue weighted by atomic mass is 35.5. The van der Waals surface area contributed by atoms with Gasteiger partial charge in [-0.1, -0.05) is 97.0 Å². The predicted molar refractivity (Wildman–Crippen MR) is 402 cm³/mol. The summed E-state index contributed by atoms with van der Waals surface area (Å²) in [6.45, 7) is 42.4. The average molecular weight is 1440 g/mol. The van der Waals surface area contributed by atoms with Crippen LogP contribution in [0.2, 0.25) is 87.4 Å². The molecule has 0 amide bonds. The molecule has 11 aromatic rings. The third kappa shape index (κ3) is 22.3. The van der Waals surface area contributed by atoms with Crippen molar-refractivity contribution in [1.82, 2.24) is 88.3 Å². The molecular weight excluding hydrogens is 1330 g/mol. The lowest BCUT2D eigenvalue weighted by atomic mass is 9.82. The van der Waals surface area contributed by atoms with Gasteiger partial charge in [0.05, 0.1) is 45.8 Å². The topological polar surface area (TPSA) is 263 Å². The number of nitrogens with zero attached hydrogens (tertiary/aromatic N) is 16. The van der Waals surface area contributed by atoms with E-state index in [1.165, 1.54) is 24.7 Å². The SMILES string of the molecule is C.C.CCOC(C)n1cc(-c2ncnc3c2ccn3COCC[Si](C)(C)C)cn1.CCOC(C)n1cc(B2OC(C)(C)C(C)(C)O2)cn1.C[Si](C)(C)CCOCn1ccc2c(-c3cn[nH]c3)ncnc21.C[Si](C)(C)CCOCn1ccc2c(Cl)ncnc21.Clc1ncnc2[nH]ccc12. The van der Waals surface area contributed by atoms with Crippen molar-refractivity contribution < 1.29 is 33.0 Å². The molecule has 2 N–H and O–H groups in total. The quantitative estimate of drug-likeness (QED) is 0.0323. The molecule has 1 saturated heterocycles. The zero-order valence-corrected chi connectivity index (χ0v) is 63.2. The lowest BCUT2D eigenvalue weighted by Gasteiger charge is -2.32. The Kier molecular flexibility index (Phi) is 29.4. The Balaban J connectivity index is 0.000000197. The van der Waals surface area contributed by atoms with Crippen molar-refractivity contribution in [3.05, 3.63) is 122 Å². The van der Waals surface area contributed by atoms with E-state index in [2.05, 4.69) is 124 Å². The second-order valence-electron chi connectivity index (χ2n) is 27.8. The van der Waals surface area contributed by atoms with E-state index in [0.29, 0.717) is 43.7 Å². The zero-order chi connectivity index (χ0) is 69.4. The van der Waals surface area contributed by atoms with Gasteiger partial charge in [-0.05, 0) is 97.8 Å². The monoisotopic (exact) mass is 1440 g/mol. The minimum Gasteiger partial charge on any atom is -0.399 e. The van der Waals surface area contributed by atoms with Crippen LogP contribution >= 0.6 is 23.2 Å². The van der Waals surface area contributed by atoms with Crippen molar-refractivity contribution in [1.29, 1.82) is 0 Å². The van der Waals surface area contributed by atoms with Gasteiger partial charge in [-0.2, -0.15) is 15.3 Å². The summed E-state index contributed by atoms with van der Waals surface area (Å²) in [5, 5.41) is 20.2. The Morgan fingerprint density at radius 2 is 0.959 bits per heavy atom. The van der Waals surface area contributed by atoms with Crippen LogP contribution in [0.3, 0.4) is 0 Å². The number of aromatic amines is 2. The number of aromatic nitrogens is 18. The first kappa shape index (κ1) is 80.1. The Morgan fingerprint density at radius 1 is 0.531 bits per heavy atom. The molecule has 12 rings (SSSR count). The summed E-state index contributed by atoms with van der Waals surface area (Å²) >= 11 is 11.7. The molecule has 0 aliphatic carbocycles. The fraction of sp³-hybridized carbons (Fsp3) is 0.507. The minimum atomic E-state index is -1.08. The number of nitrogens with one attached hydrogen (secondary N) is 2. The minimum absolute atomic E-state index is 0. The maximum atomic E-state index is 5.99. The third-order valence-electron chi connectivity index (χ3n) is 16.0. The predicted octanol–water partition coefficient (Wildman–Crippen LogP) is 15.3. The standard InChI is InChI=1S/C19H29N5O2Si.C15H21N5OSi.C13H23BN2O3.C12H18ClN3OSi.C6H4ClN3.2CH4/c1-6-26-15(2)24-12-16(11-22-24)18-17-7-8-23(19(17)21-13-20-18)14-25-9-10-27(3,4)5;1-22(2,3)7-6-21-11-20-5-4-13-14(12-8-18-19-9-12)16-10-17-15(13)20;1-7-17-10(2)16-9-11(8-15-16)14-18-12(3,4)13(5,6)19-14;1-18(2,3)7-6-17-9-16-5-4-10-11(13)14-8-15-12(10)16;7-5-4-1-2-8-6(4)10-3-9-5;;/h7-8,11-13,15H,6,9-10,14H2,1-5H3;4-5,8-10H,6-7,11H2,1-3H3,(H,18,19);8-10H,7H2,1-6H3;4-5,8H,6-7,9H2,1-3H3;1-3H,(H,8,9,10);2*1H4. The highest BCUT2D eigenvalue weighted by Gasteiger charge is 2.52. The fourth-order valence-corrected chi connectivity index (χ4v) is 12.2. The molecule has 2 unspecified atom stereocenters. The van der Waals surface area contributed by atoms with E-state index < -0.39 is 24.2 Å². The van der Waals surface area contributed by atoms with E-state index >= 15 is 0 Å². The molecular formula is C67H103BCl2N18O7Si3. The molecule has 0 bridgehead atoms. The van der Waals surface area contributed by atoms with Gasteiger partial charge in [-0.3, -0.25) is 5.10 Å². The summed E-state index contributed by atoms with van der Waals surface area (Å²) in [5.74, 6) is 0. The summed E-state index contributed by atoms with van der Waals surface area (Å²) < 4.78 is 50.0. The average Bonchev–Trinajstić information content (AvgIpc) is 1.63. The van der Waals surface area contributed by atoms with Crippen LogP contribution in [-0.4, -0.2) is 164 Å². The van der Waals surface area contributed by atoms with Crippen LogP contribution in [0.1, 0.15) is 82.7 Å². The maximum Gasteiger partial charge on any atom is 0.498 e. The van der Waals surface area contributed by atoms with Gasteiger partial charge in [-0.25, -0.2) is 49.2 Å². The van der Waals surface area contributed by atoms with Crippen molar-refractivity contribution in [2.75, 3.05) is 33.0 Å². The zero-order valence-electron chi connectivity index (χ0n) is 58.7. The molecule has 1 aliphatic rings. The van der Waals surface area contributed by atoms with Gasteiger partial charge in [0.1, 0.15) is 90.9 Å². The van der Waals surface area contributed by atoms with Crippen LogP contribution in [-0.2, 0) is 53.2 Å². The largest absolute Gasteiger partial charge is 0.498 e. The molecule has 0 aromatic carbocycles. The molecule has 98 heavy (non-hydrogen) atoms. The molecule has 1 fully saturated rings. The van der Waals surface area contributed by atoms with E-state index in [1.54, 1.807) is 35.9 Å². The van der Waals surface area contributed by atoms with E-state index in [4.69, 9.17) is 56.2 Å². The summed E-state index contributed by atoms with van der Waals surface area (Å²) in [5.41, 5.74) is 7.30. The van der Waals surface area contributed by atoms with E-state index in [1.807, 2.05) is 141 Å². The van der Waals surface area contributed by atoms with Gasteiger partial charge >= 0.3 is 7.12 Å². The summed E-state index contributed by atoms with van der Waals surface area (Å²) in [6, 6.07) is 11.3. The molecule has 31 heteroatoms. The first-order chi connectivity index (χ1) is 45.5. The Bertz CT molecular complexity index is 4160. The molecule has 0 saturated carbocycles. The van der Waals surface area contributed by atoms with Crippen LogP contribution in [0.4, 0.5) is 0 Å². The third-order valence-corrected chi connectivity index (χ3v) is 21.7.